The summed E-state index contributed by atoms with van der Waals surface area (Å²) >= 11 is 5.45. The smallest absolute Gasteiger partial charge is 0.360 e. The molecule has 6 heteroatoms. The molecule has 0 saturated heterocycles. The molecule has 12 heavy (non-hydrogen) atoms. The van der Waals surface area contributed by atoms with Gasteiger partial charge >= 0.3 is 5.97 Å². The van der Waals surface area contributed by atoms with Crippen molar-refractivity contribution in [1.82, 2.24) is 9.97 Å². The molecule has 0 aliphatic carbocycles. The second kappa shape index (κ2) is 3.36. The minimum atomic E-state index is -1.20. The second-order valence-corrected chi connectivity index (χ2v) is 2.24. The predicted octanol–water partition coefficient (Wildman–Crippen LogP) is 0.837. The van der Waals surface area contributed by atoms with E-state index in [1.54, 1.807) is 0 Å². The zero-order chi connectivity index (χ0) is 9.14. The molecule has 0 bridgehead atoms. The van der Waals surface area contributed by atoms with E-state index in [0.29, 0.717) is 0 Å². The quantitative estimate of drug-likeness (QED) is 0.745. The van der Waals surface area contributed by atoms with Gasteiger partial charge in [0.25, 0.3) is 0 Å². The van der Waals surface area contributed by atoms with E-state index in [-0.39, 0.29) is 16.7 Å². The maximum Gasteiger partial charge on any atom is 0.360 e. The first-order valence-corrected chi connectivity index (χ1v) is 3.32. The molecule has 1 rings (SSSR count). The minimum Gasteiger partial charge on any atom is -0.479 e. The third-order valence-electron chi connectivity index (χ3n) is 1.11. The molecule has 0 aliphatic rings. The van der Waals surface area contributed by atoms with Crippen molar-refractivity contribution in [3.05, 3.63) is 17.0 Å². The van der Waals surface area contributed by atoms with Gasteiger partial charge in [-0.3, -0.25) is 0 Å². The summed E-state index contributed by atoms with van der Waals surface area (Å²) in [6.07, 6.45) is 1.15. The van der Waals surface area contributed by atoms with Crippen molar-refractivity contribution in [3.8, 4) is 5.88 Å². The van der Waals surface area contributed by atoms with Gasteiger partial charge in [0.15, 0.2) is 5.15 Å². The van der Waals surface area contributed by atoms with Gasteiger partial charge < -0.3 is 9.84 Å². The fourth-order valence-corrected chi connectivity index (χ4v) is 0.766. The van der Waals surface area contributed by atoms with Gasteiger partial charge in [-0.1, -0.05) is 11.6 Å². The van der Waals surface area contributed by atoms with Crippen molar-refractivity contribution in [3.63, 3.8) is 0 Å². The average Bonchev–Trinajstić information content (AvgIpc) is 2.03. The molecular formula is C6H5ClN2O3. The van der Waals surface area contributed by atoms with Crippen LogP contribution in [0.3, 0.4) is 0 Å². The molecule has 1 aromatic rings. The van der Waals surface area contributed by atoms with E-state index < -0.39 is 5.97 Å². The number of ether oxygens (including phenoxy) is 1. The summed E-state index contributed by atoms with van der Waals surface area (Å²) < 4.78 is 4.65. The standard InChI is InChI=1S/C6H5ClN2O3/c1-12-5-4(6(10)11)8-2-3(7)9-5/h2H,1H3,(H,10,11). The van der Waals surface area contributed by atoms with Crippen LogP contribution in [0.15, 0.2) is 6.20 Å². The highest BCUT2D eigenvalue weighted by Gasteiger charge is 2.13. The van der Waals surface area contributed by atoms with Crippen molar-refractivity contribution in [1.29, 1.82) is 0 Å². The molecule has 1 aromatic heterocycles. The lowest BCUT2D eigenvalue weighted by Crippen LogP contribution is -2.05. The molecule has 1 heterocycles. The third-order valence-corrected chi connectivity index (χ3v) is 1.29. The Labute approximate surface area is 73.0 Å². The van der Waals surface area contributed by atoms with Gasteiger partial charge in [0, 0.05) is 0 Å². The van der Waals surface area contributed by atoms with Gasteiger partial charge in [0.1, 0.15) is 0 Å². The number of aromatic carboxylic acids is 1. The Kier molecular flexibility index (Phi) is 2.44. The summed E-state index contributed by atoms with van der Waals surface area (Å²) in [7, 11) is 1.30. The van der Waals surface area contributed by atoms with Crippen LogP contribution in [0.5, 0.6) is 5.88 Å². The zero-order valence-corrected chi connectivity index (χ0v) is 6.87. The molecular weight excluding hydrogens is 184 g/mol. The molecule has 1 N–H and O–H groups in total. The minimum absolute atomic E-state index is 0.0880. The van der Waals surface area contributed by atoms with Crippen LogP contribution in [0.2, 0.25) is 5.15 Å². The third kappa shape index (κ3) is 1.62. The fraction of sp³-hybridized carbons (Fsp3) is 0.167. The lowest BCUT2D eigenvalue weighted by atomic mass is 10.4. The van der Waals surface area contributed by atoms with Crippen LogP contribution < -0.4 is 4.74 Å². The van der Waals surface area contributed by atoms with Crippen molar-refractivity contribution < 1.29 is 14.6 Å². The van der Waals surface area contributed by atoms with Crippen LogP contribution in [0.1, 0.15) is 10.5 Å². The zero-order valence-electron chi connectivity index (χ0n) is 6.11. The Hall–Kier alpha value is -1.36. The Balaban J connectivity index is 3.20. The highest BCUT2D eigenvalue weighted by Crippen LogP contribution is 2.14. The van der Waals surface area contributed by atoms with E-state index in [1.165, 1.54) is 7.11 Å². The second-order valence-electron chi connectivity index (χ2n) is 1.86. The predicted molar refractivity (Wildman–Crippen MR) is 40.6 cm³/mol. The largest absolute Gasteiger partial charge is 0.479 e. The summed E-state index contributed by atoms with van der Waals surface area (Å²) in [6.45, 7) is 0. The van der Waals surface area contributed by atoms with Crippen LogP contribution in [0.4, 0.5) is 0 Å². The van der Waals surface area contributed by atoms with Gasteiger partial charge in [-0.2, -0.15) is 4.98 Å². The molecule has 64 valence electrons. The molecule has 0 aromatic carbocycles. The molecule has 5 nitrogen and oxygen atoms in total. The highest BCUT2D eigenvalue weighted by atomic mass is 35.5. The van der Waals surface area contributed by atoms with Crippen LogP contribution in [0.25, 0.3) is 0 Å². The molecule has 0 radical (unpaired) electrons. The number of hydrogen-bond acceptors (Lipinski definition) is 4. The first-order chi connectivity index (χ1) is 5.65. The number of carboxylic acids is 1. The van der Waals surface area contributed by atoms with Crippen LogP contribution in [-0.2, 0) is 0 Å². The van der Waals surface area contributed by atoms with E-state index in [4.69, 9.17) is 16.7 Å². The van der Waals surface area contributed by atoms with Crippen molar-refractivity contribution in [2.24, 2.45) is 0 Å². The van der Waals surface area contributed by atoms with Crippen molar-refractivity contribution >= 4 is 17.6 Å². The number of rotatable bonds is 2. The number of methoxy groups -OCH3 is 1. The molecule has 0 fully saturated rings. The lowest BCUT2D eigenvalue weighted by molar-refractivity contribution is 0.0685. The van der Waals surface area contributed by atoms with E-state index in [9.17, 15) is 4.79 Å². The van der Waals surface area contributed by atoms with Crippen molar-refractivity contribution in [2.45, 2.75) is 0 Å². The molecule has 0 aliphatic heterocycles. The van der Waals surface area contributed by atoms with E-state index >= 15 is 0 Å². The maximum absolute atomic E-state index is 10.5. The van der Waals surface area contributed by atoms with Crippen LogP contribution in [0, 0.1) is 0 Å². The van der Waals surface area contributed by atoms with Crippen LogP contribution >= 0.6 is 11.6 Å². The van der Waals surface area contributed by atoms with E-state index in [0.717, 1.165) is 6.20 Å². The summed E-state index contributed by atoms with van der Waals surface area (Å²) in [5.41, 5.74) is -0.248. The average molecular weight is 189 g/mol. The first kappa shape index (κ1) is 8.73. The number of hydrogen-bond donors (Lipinski definition) is 1. The summed E-state index contributed by atoms with van der Waals surface area (Å²) in [6, 6.07) is 0. The SMILES string of the molecule is COc1nc(Cl)cnc1C(=O)O. The number of aromatic nitrogens is 2. The number of carboxylic acid groups (broad SMARTS) is 1. The van der Waals surface area contributed by atoms with E-state index in [1.807, 2.05) is 0 Å². The molecule has 0 amide bonds. The first-order valence-electron chi connectivity index (χ1n) is 2.95. The maximum atomic E-state index is 10.5. The fourth-order valence-electron chi connectivity index (χ4n) is 0.641. The topological polar surface area (TPSA) is 72.3 Å². The number of halogens is 1. The van der Waals surface area contributed by atoms with Gasteiger partial charge in [-0.25, -0.2) is 9.78 Å². The van der Waals surface area contributed by atoms with Gasteiger partial charge in [-0.05, 0) is 0 Å². The van der Waals surface area contributed by atoms with E-state index in [2.05, 4.69) is 14.7 Å². The Morgan fingerprint density at radius 3 is 2.92 bits per heavy atom. The molecule has 0 atom stereocenters. The van der Waals surface area contributed by atoms with Crippen molar-refractivity contribution in [2.75, 3.05) is 7.11 Å². The molecule has 0 saturated carbocycles. The molecule has 0 unspecified atom stereocenters. The number of carbonyl (C=O) groups is 1. The lowest BCUT2D eigenvalue weighted by Gasteiger charge is -2.01. The Morgan fingerprint density at radius 2 is 2.42 bits per heavy atom. The normalized spacial score (nSPS) is 9.50. The highest BCUT2D eigenvalue weighted by molar-refractivity contribution is 6.29. The molecule has 0 spiro atoms. The van der Waals surface area contributed by atoms with Gasteiger partial charge in [-0.15, -0.1) is 0 Å². The summed E-state index contributed by atoms with van der Waals surface area (Å²) in [5, 5.41) is 8.66. The van der Waals surface area contributed by atoms with Gasteiger partial charge in [0.2, 0.25) is 11.6 Å². The Bertz CT molecular complexity index is 316. The van der Waals surface area contributed by atoms with Gasteiger partial charge in [0.05, 0.1) is 13.3 Å². The Morgan fingerprint density at radius 1 is 1.75 bits per heavy atom. The number of nitrogens with zero attached hydrogens (tertiary/aromatic N) is 2. The monoisotopic (exact) mass is 188 g/mol. The van der Waals surface area contributed by atoms with Crippen LogP contribution in [-0.4, -0.2) is 28.2 Å². The summed E-state index contributed by atoms with van der Waals surface area (Å²) in [4.78, 5) is 17.6. The summed E-state index contributed by atoms with van der Waals surface area (Å²) in [5.74, 6) is -1.29.